The molecule has 0 saturated carbocycles. The monoisotopic (exact) mass is 774 g/mol. The van der Waals surface area contributed by atoms with E-state index in [1.165, 1.54) is 0 Å². The van der Waals surface area contributed by atoms with Crippen LogP contribution in [0.2, 0.25) is 0 Å². The minimum atomic E-state index is -0.675. The van der Waals surface area contributed by atoms with E-state index in [1.54, 1.807) is 55.6 Å². The van der Waals surface area contributed by atoms with Crippen LogP contribution in [-0.4, -0.2) is 57.4 Å². The van der Waals surface area contributed by atoms with Crippen LogP contribution in [0.15, 0.2) is 146 Å². The first-order valence-electron chi connectivity index (χ1n) is 19.5. The molecule has 0 fully saturated rings. The maximum absolute atomic E-state index is 13.6. The van der Waals surface area contributed by atoms with Crippen molar-refractivity contribution in [3.05, 3.63) is 173 Å². The Bertz CT molecular complexity index is 1850. The molecule has 0 aliphatic carbocycles. The van der Waals surface area contributed by atoms with Gasteiger partial charge in [0.15, 0.2) is 0 Å². The van der Waals surface area contributed by atoms with Crippen LogP contribution in [-0.2, 0) is 48.2 Å². The number of methoxy groups -OCH3 is 1. The summed E-state index contributed by atoms with van der Waals surface area (Å²) in [6.45, 7) is 5.77. The fraction of sp³-hybridized carbons (Fsp3) is 0.333. The van der Waals surface area contributed by atoms with Crippen molar-refractivity contribution in [2.45, 2.75) is 64.8 Å². The highest BCUT2D eigenvalue weighted by atomic mass is 16.7. The largest absolute Gasteiger partial charge is 0.497 e. The van der Waals surface area contributed by atoms with Crippen molar-refractivity contribution in [3.63, 3.8) is 0 Å². The normalized spacial score (nSPS) is 13.8. The van der Waals surface area contributed by atoms with E-state index in [-0.39, 0.29) is 37.8 Å². The smallest absolute Gasteiger partial charge is 0.338 e. The molecule has 9 nitrogen and oxygen atoms in total. The van der Waals surface area contributed by atoms with Gasteiger partial charge in [0.2, 0.25) is 0 Å². The molecule has 0 spiro atoms. The maximum Gasteiger partial charge on any atom is 0.338 e. The number of esters is 2. The molecule has 57 heavy (non-hydrogen) atoms. The number of carbonyl (C=O) groups excluding carboxylic acids is 2. The highest BCUT2D eigenvalue weighted by Crippen LogP contribution is 2.30. The lowest BCUT2D eigenvalue weighted by Crippen LogP contribution is -2.44. The maximum atomic E-state index is 13.6. The van der Waals surface area contributed by atoms with E-state index in [9.17, 15) is 9.59 Å². The molecule has 0 saturated heterocycles. The van der Waals surface area contributed by atoms with Crippen LogP contribution in [0.5, 0.6) is 5.75 Å². The van der Waals surface area contributed by atoms with Crippen LogP contribution >= 0.6 is 0 Å². The van der Waals surface area contributed by atoms with Gasteiger partial charge >= 0.3 is 11.9 Å². The second kappa shape index (κ2) is 23.7. The van der Waals surface area contributed by atoms with E-state index in [4.69, 9.17) is 33.2 Å². The zero-order valence-corrected chi connectivity index (χ0v) is 33.1. The zero-order valence-electron chi connectivity index (χ0n) is 33.1. The Balaban J connectivity index is 1.35. The van der Waals surface area contributed by atoms with Crippen LogP contribution in [0.1, 0.15) is 64.1 Å². The van der Waals surface area contributed by atoms with Gasteiger partial charge in [0, 0.05) is 24.9 Å². The number of carbonyl (C=O) groups is 2. The fourth-order valence-corrected chi connectivity index (χ4v) is 6.58. The number of hydrogen-bond donors (Lipinski definition) is 0. The van der Waals surface area contributed by atoms with Crippen LogP contribution < -0.4 is 4.74 Å². The van der Waals surface area contributed by atoms with Crippen LogP contribution in [0, 0.1) is 11.8 Å². The SMILES string of the molecule is COc1ccc(COCC[C@H](OCOCc2ccccc2)[C@@H](C)[C@@H](OCc2ccccc2)[C@H](C)[C@@H](CCOC(=O)c2ccccc2)OC(=O)c2ccccc2)cc1. The lowest BCUT2D eigenvalue weighted by atomic mass is 9.84. The lowest BCUT2D eigenvalue weighted by molar-refractivity contribution is -0.153. The Morgan fingerprint density at radius 3 is 1.60 bits per heavy atom. The highest BCUT2D eigenvalue weighted by molar-refractivity contribution is 5.90. The molecule has 0 aliphatic rings. The fourth-order valence-electron chi connectivity index (χ4n) is 6.58. The van der Waals surface area contributed by atoms with Crippen molar-refractivity contribution < 1.29 is 42.7 Å². The van der Waals surface area contributed by atoms with Crippen molar-refractivity contribution in [3.8, 4) is 5.75 Å². The molecule has 9 heteroatoms. The minimum Gasteiger partial charge on any atom is -0.497 e. The Labute approximate surface area is 336 Å². The average molecular weight is 775 g/mol. The molecule has 0 aliphatic heterocycles. The third kappa shape index (κ3) is 14.3. The molecule has 5 rings (SSSR count). The molecule has 300 valence electrons. The first-order chi connectivity index (χ1) is 27.9. The van der Waals surface area contributed by atoms with Gasteiger partial charge in [-0.3, -0.25) is 0 Å². The number of ether oxygens (including phenoxy) is 7. The molecule has 0 aromatic heterocycles. The predicted octanol–water partition coefficient (Wildman–Crippen LogP) is 9.49. The summed E-state index contributed by atoms with van der Waals surface area (Å²) in [5.41, 5.74) is 3.95. The van der Waals surface area contributed by atoms with Gasteiger partial charge in [0.05, 0.1) is 56.9 Å². The van der Waals surface area contributed by atoms with E-state index in [2.05, 4.69) is 6.92 Å². The molecule has 0 radical (unpaired) electrons. The molecule has 5 aromatic carbocycles. The van der Waals surface area contributed by atoms with Crippen LogP contribution in [0.4, 0.5) is 0 Å². The third-order valence-corrected chi connectivity index (χ3v) is 9.86. The molecule has 5 atom stereocenters. The van der Waals surface area contributed by atoms with Gasteiger partial charge in [-0.25, -0.2) is 9.59 Å². The molecular weight excluding hydrogens is 721 g/mol. The van der Waals surface area contributed by atoms with Crippen LogP contribution in [0.3, 0.4) is 0 Å². The van der Waals surface area contributed by atoms with Crippen molar-refractivity contribution in [1.82, 2.24) is 0 Å². The third-order valence-electron chi connectivity index (χ3n) is 9.86. The molecule has 5 aromatic rings. The summed E-state index contributed by atoms with van der Waals surface area (Å²) in [7, 11) is 1.64. The lowest BCUT2D eigenvalue weighted by Gasteiger charge is -2.37. The molecule has 0 heterocycles. The molecule has 0 bridgehead atoms. The van der Waals surface area contributed by atoms with Gasteiger partial charge in [-0.2, -0.15) is 0 Å². The van der Waals surface area contributed by atoms with Gasteiger partial charge in [0.1, 0.15) is 18.6 Å². The van der Waals surface area contributed by atoms with E-state index in [0.29, 0.717) is 44.0 Å². The van der Waals surface area contributed by atoms with Gasteiger partial charge in [-0.1, -0.05) is 123 Å². The van der Waals surface area contributed by atoms with Gasteiger partial charge < -0.3 is 33.2 Å². The average Bonchev–Trinajstić information content (AvgIpc) is 3.26. The van der Waals surface area contributed by atoms with Crippen molar-refractivity contribution in [1.29, 1.82) is 0 Å². The Morgan fingerprint density at radius 2 is 1.00 bits per heavy atom. The standard InChI is InChI=1S/C48H54O9/c1-36(44(56-35-53-33-38-16-8-4-9-17-38)28-30-52-32-40-24-26-43(51-3)27-25-40)46(55-34-39-18-10-5-11-19-39)37(2)45(57-48(50)42-22-14-7-15-23-42)29-31-54-47(49)41-20-12-6-13-21-41/h4-27,36-37,44-46H,28-35H2,1-3H3/t36-,37-,44+,45-,46-/m1/s1. The van der Waals surface area contributed by atoms with E-state index in [1.807, 2.05) is 104 Å². The van der Waals surface area contributed by atoms with Crippen molar-refractivity contribution in [2.24, 2.45) is 11.8 Å². The summed E-state index contributed by atoms with van der Waals surface area (Å²) >= 11 is 0. The molecular formula is C48H54O9. The quantitative estimate of drug-likeness (QED) is 0.0345. The Morgan fingerprint density at radius 1 is 0.509 bits per heavy atom. The Kier molecular flexibility index (Phi) is 17.8. The highest BCUT2D eigenvalue weighted by Gasteiger charge is 2.37. The zero-order chi connectivity index (χ0) is 40.1. The van der Waals surface area contributed by atoms with Crippen molar-refractivity contribution >= 4 is 11.9 Å². The second-order valence-corrected chi connectivity index (χ2v) is 13.9. The molecule has 0 N–H and O–H groups in total. The second-order valence-electron chi connectivity index (χ2n) is 13.9. The summed E-state index contributed by atoms with van der Waals surface area (Å²) in [5.74, 6) is -0.707. The van der Waals surface area contributed by atoms with Gasteiger partial charge in [-0.15, -0.1) is 0 Å². The number of benzene rings is 5. The summed E-state index contributed by atoms with van der Waals surface area (Å²) in [4.78, 5) is 26.5. The Hall–Kier alpha value is -5.32. The van der Waals surface area contributed by atoms with Gasteiger partial charge in [-0.05, 0) is 59.5 Å². The predicted molar refractivity (Wildman–Crippen MR) is 219 cm³/mol. The summed E-state index contributed by atoms with van der Waals surface area (Å²) < 4.78 is 42.7. The van der Waals surface area contributed by atoms with E-state index >= 15 is 0 Å². The summed E-state index contributed by atoms with van der Waals surface area (Å²) in [6, 6.07) is 45.4. The topological polar surface area (TPSA) is 98.8 Å². The van der Waals surface area contributed by atoms with E-state index < -0.39 is 24.1 Å². The molecule has 0 unspecified atom stereocenters. The van der Waals surface area contributed by atoms with Crippen LogP contribution in [0.25, 0.3) is 0 Å². The number of hydrogen-bond acceptors (Lipinski definition) is 9. The van der Waals surface area contributed by atoms with Crippen molar-refractivity contribution in [2.75, 3.05) is 27.1 Å². The van der Waals surface area contributed by atoms with Gasteiger partial charge in [0.25, 0.3) is 0 Å². The number of rotatable bonds is 24. The van der Waals surface area contributed by atoms with E-state index in [0.717, 1.165) is 22.4 Å². The molecule has 0 amide bonds. The first kappa shape index (κ1) is 42.8. The first-order valence-corrected chi connectivity index (χ1v) is 19.5. The minimum absolute atomic E-state index is 0.0387. The summed E-state index contributed by atoms with van der Waals surface area (Å²) in [5, 5.41) is 0. The summed E-state index contributed by atoms with van der Waals surface area (Å²) in [6.07, 6.45) is -0.698.